The van der Waals surface area contributed by atoms with Gasteiger partial charge < -0.3 is 16.0 Å². The fourth-order valence-electron chi connectivity index (χ4n) is 1.98. The Balaban J connectivity index is 2.38. The van der Waals surface area contributed by atoms with E-state index in [2.05, 4.69) is 17.1 Å². The zero-order valence-electron chi connectivity index (χ0n) is 10.0. The number of carbonyl (C=O) groups is 1. The third kappa shape index (κ3) is 3.18. The van der Waals surface area contributed by atoms with E-state index >= 15 is 0 Å². The first-order valence-electron chi connectivity index (χ1n) is 5.69. The molecule has 1 aliphatic heterocycles. The molecule has 2 unspecified atom stereocenters. The third-order valence-electron chi connectivity index (χ3n) is 3.53. The lowest BCUT2D eigenvalue weighted by molar-refractivity contribution is -0.124. The molecular weight excluding hydrogens is 190 g/mol. The van der Waals surface area contributed by atoms with E-state index in [-0.39, 0.29) is 5.91 Å². The molecule has 4 heteroatoms. The Bertz CT molecular complexity index is 232. The topological polar surface area (TPSA) is 58.4 Å². The maximum atomic E-state index is 11.3. The number of nitrogens with two attached hydrogens (primary N) is 1. The van der Waals surface area contributed by atoms with Crippen molar-refractivity contribution in [2.75, 3.05) is 26.7 Å². The normalized spacial score (nSPS) is 26.5. The number of nitrogens with zero attached hydrogens (tertiary/aromatic N) is 1. The second-order valence-electron chi connectivity index (χ2n) is 4.89. The summed E-state index contributed by atoms with van der Waals surface area (Å²) in [5.41, 5.74) is 4.81. The van der Waals surface area contributed by atoms with Gasteiger partial charge in [-0.2, -0.15) is 0 Å². The molecule has 0 aliphatic carbocycles. The van der Waals surface area contributed by atoms with Crippen LogP contribution in [0.2, 0.25) is 0 Å². The monoisotopic (exact) mass is 213 g/mol. The van der Waals surface area contributed by atoms with E-state index in [0.717, 1.165) is 32.0 Å². The van der Waals surface area contributed by atoms with Gasteiger partial charge in [-0.15, -0.1) is 0 Å². The van der Waals surface area contributed by atoms with Crippen molar-refractivity contribution in [2.24, 2.45) is 11.7 Å². The number of amides is 1. The number of rotatable bonds is 5. The van der Waals surface area contributed by atoms with Gasteiger partial charge in [-0.05, 0) is 39.3 Å². The summed E-state index contributed by atoms with van der Waals surface area (Å²) in [6.07, 6.45) is 2.05. The van der Waals surface area contributed by atoms with Crippen LogP contribution in [0.25, 0.3) is 0 Å². The quantitative estimate of drug-likeness (QED) is 0.685. The fraction of sp³-hybridized carbons (Fsp3) is 0.909. The molecule has 1 fully saturated rings. The Hall–Kier alpha value is -0.610. The summed E-state index contributed by atoms with van der Waals surface area (Å²) >= 11 is 0. The lowest BCUT2D eigenvalue weighted by Crippen LogP contribution is -2.53. The second-order valence-corrected chi connectivity index (χ2v) is 4.89. The highest BCUT2D eigenvalue weighted by molar-refractivity contribution is 5.84. The van der Waals surface area contributed by atoms with Gasteiger partial charge >= 0.3 is 0 Å². The van der Waals surface area contributed by atoms with E-state index in [1.165, 1.54) is 6.42 Å². The van der Waals surface area contributed by atoms with Gasteiger partial charge in [0.1, 0.15) is 0 Å². The maximum Gasteiger partial charge on any atom is 0.237 e. The van der Waals surface area contributed by atoms with Crippen LogP contribution in [-0.4, -0.2) is 43.0 Å². The van der Waals surface area contributed by atoms with E-state index in [4.69, 9.17) is 5.73 Å². The second kappa shape index (κ2) is 4.94. The smallest absolute Gasteiger partial charge is 0.237 e. The minimum atomic E-state index is -0.564. The highest BCUT2D eigenvalue weighted by atomic mass is 16.1. The van der Waals surface area contributed by atoms with Gasteiger partial charge in [0.25, 0.3) is 0 Å². The Kier molecular flexibility index (Phi) is 4.11. The molecule has 0 aromatic rings. The average molecular weight is 213 g/mol. The summed E-state index contributed by atoms with van der Waals surface area (Å²) in [4.78, 5) is 13.7. The van der Waals surface area contributed by atoms with Crippen molar-refractivity contribution in [3.63, 3.8) is 0 Å². The molecule has 0 saturated carbocycles. The predicted octanol–water partition coefficient (Wildman–Crippen LogP) is 0.182. The first-order valence-corrected chi connectivity index (χ1v) is 5.69. The van der Waals surface area contributed by atoms with Crippen molar-refractivity contribution in [3.05, 3.63) is 0 Å². The molecule has 1 aliphatic rings. The van der Waals surface area contributed by atoms with Gasteiger partial charge in [0.05, 0.1) is 5.54 Å². The molecule has 3 N–H and O–H groups in total. The molecule has 0 radical (unpaired) electrons. The highest BCUT2D eigenvalue weighted by Gasteiger charge is 2.30. The molecule has 0 aromatic heterocycles. The molecule has 1 amide bonds. The minimum Gasteiger partial charge on any atom is -0.368 e. The van der Waals surface area contributed by atoms with Gasteiger partial charge in [-0.1, -0.05) is 6.92 Å². The zero-order valence-corrected chi connectivity index (χ0v) is 10.0. The standard InChI is InChI=1S/C11H23N3O/c1-9-4-6-14(8-9)7-5-11(2,13-3)10(12)15/h9,13H,4-8H2,1-3H3,(H2,12,15). The summed E-state index contributed by atoms with van der Waals surface area (Å²) in [6, 6.07) is 0. The molecule has 0 spiro atoms. The van der Waals surface area contributed by atoms with Crippen LogP contribution in [0, 0.1) is 5.92 Å². The lowest BCUT2D eigenvalue weighted by Gasteiger charge is -2.27. The molecule has 4 nitrogen and oxygen atoms in total. The Labute approximate surface area is 92.2 Å². The van der Waals surface area contributed by atoms with E-state index in [0.29, 0.717) is 0 Å². The summed E-state index contributed by atoms with van der Waals surface area (Å²) in [6.45, 7) is 7.39. The van der Waals surface area contributed by atoms with Crippen LogP contribution < -0.4 is 11.1 Å². The Morgan fingerprint density at radius 3 is 2.73 bits per heavy atom. The van der Waals surface area contributed by atoms with Crippen molar-refractivity contribution < 1.29 is 4.79 Å². The molecule has 15 heavy (non-hydrogen) atoms. The fourth-order valence-corrected chi connectivity index (χ4v) is 1.98. The van der Waals surface area contributed by atoms with Crippen LogP contribution >= 0.6 is 0 Å². The van der Waals surface area contributed by atoms with Crippen LogP contribution in [-0.2, 0) is 4.79 Å². The van der Waals surface area contributed by atoms with E-state index in [1.54, 1.807) is 7.05 Å². The van der Waals surface area contributed by atoms with E-state index in [1.807, 2.05) is 6.92 Å². The average Bonchev–Trinajstić information content (AvgIpc) is 2.60. The number of hydrogen-bond acceptors (Lipinski definition) is 3. The SMILES string of the molecule is CNC(C)(CCN1CCC(C)C1)C(N)=O. The van der Waals surface area contributed by atoms with Crippen LogP contribution in [0.1, 0.15) is 26.7 Å². The van der Waals surface area contributed by atoms with Crippen LogP contribution in [0.4, 0.5) is 0 Å². The third-order valence-corrected chi connectivity index (χ3v) is 3.53. The first-order chi connectivity index (χ1) is 6.98. The molecule has 1 saturated heterocycles. The van der Waals surface area contributed by atoms with Crippen molar-refractivity contribution in [3.8, 4) is 0 Å². The number of carbonyl (C=O) groups excluding carboxylic acids is 1. The number of likely N-dealkylation sites (N-methyl/N-ethyl adjacent to an activating group) is 1. The van der Waals surface area contributed by atoms with E-state index in [9.17, 15) is 4.79 Å². The molecule has 88 valence electrons. The van der Waals surface area contributed by atoms with Crippen molar-refractivity contribution in [1.82, 2.24) is 10.2 Å². The Morgan fingerprint density at radius 1 is 1.67 bits per heavy atom. The first kappa shape index (κ1) is 12.5. The van der Waals surface area contributed by atoms with Crippen molar-refractivity contribution in [2.45, 2.75) is 32.2 Å². The van der Waals surface area contributed by atoms with Crippen LogP contribution in [0.5, 0.6) is 0 Å². The highest BCUT2D eigenvalue weighted by Crippen LogP contribution is 2.17. The van der Waals surface area contributed by atoms with Crippen LogP contribution in [0.3, 0.4) is 0 Å². The summed E-state index contributed by atoms with van der Waals surface area (Å²) in [7, 11) is 1.79. The lowest BCUT2D eigenvalue weighted by atomic mass is 9.97. The minimum absolute atomic E-state index is 0.266. The summed E-state index contributed by atoms with van der Waals surface area (Å²) < 4.78 is 0. The number of hydrogen-bond donors (Lipinski definition) is 2. The predicted molar refractivity (Wildman–Crippen MR) is 61.5 cm³/mol. The van der Waals surface area contributed by atoms with Crippen molar-refractivity contribution in [1.29, 1.82) is 0 Å². The van der Waals surface area contributed by atoms with Gasteiger partial charge in [-0.25, -0.2) is 0 Å². The molecule has 1 heterocycles. The van der Waals surface area contributed by atoms with Gasteiger partial charge in [0.2, 0.25) is 5.91 Å². The molecule has 0 bridgehead atoms. The molecular formula is C11H23N3O. The number of primary amides is 1. The number of likely N-dealkylation sites (tertiary alicyclic amines) is 1. The molecule has 2 atom stereocenters. The van der Waals surface area contributed by atoms with Gasteiger partial charge in [-0.3, -0.25) is 4.79 Å². The Morgan fingerprint density at radius 2 is 2.33 bits per heavy atom. The molecule has 1 rings (SSSR count). The zero-order chi connectivity index (χ0) is 11.5. The maximum absolute atomic E-state index is 11.3. The van der Waals surface area contributed by atoms with Gasteiger partial charge in [0, 0.05) is 13.1 Å². The summed E-state index contributed by atoms with van der Waals surface area (Å²) in [5, 5.41) is 3.01. The number of nitrogens with one attached hydrogen (secondary N) is 1. The van der Waals surface area contributed by atoms with E-state index < -0.39 is 5.54 Å². The molecule has 0 aromatic carbocycles. The summed E-state index contributed by atoms with van der Waals surface area (Å²) in [5.74, 6) is 0.525. The van der Waals surface area contributed by atoms with Crippen molar-refractivity contribution >= 4 is 5.91 Å². The van der Waals surface area contributed by atoms with Gasteiger partial charge in [0.15, 0.2) is 0 Å². The van der Waals surface area contributed by atoms with Crippen LogP contribution in [0.15, 0.2) is 0 Å². The largest absolute Gasteiger partial charge is 0.368 e.